The van der Waals surface area contributed by atoms with Crippen molar-refractivity contribution in [3.8, 4) is 0 Å². The Morgan fingerprint density at radius 1 is 1.38 bits per heavy atom. The number of hydrogen-bond donors (Lipinski definition) is 1. The number of hydrogen-bond acceptors (Lipinski definition) is 4. The van der Waals surface area contributed by atoms with Crippen LogP contribution in [0.4, 0.5) is 5.13 Å². The van der Waals surface area contributed by atoms with Gasteiger partial charge in [0.25, 0.3) is 0 Å². The Bertz CT molecular complexity index is 618. The summed E-state index contributed by atoms with van der Waals surface area (Å²) in [5.41, 5.74) is 2.44. The van der Waals surface area contributed by atoms with Crippen molar-refractivity contribution in [2.45, 2.75) is 58.1 Å². The van der Waals surface area contributed by atoms with Crippen LogP contribution >= 0.6 is 11.3 Å². The fraction of sp³-hybridized carbons (Fsp3) is 0.588. The zero-order chi connectivity index (χ0) is 14.9. The van der Waals surface area contributed by atoms with E-state index in [0.717, 1.165) is 42.9 Å². The average molecular weight is 304 g/mol. The highest BCUT2D eigenvalue weighted by molar-refractivity contribution is 7.22. The molecule has 1 saturated heterocycles. The van der Waals surface area contributed by atoms with E-state index in [2.05, 4.69) is 44.3 Å². The third kappa shape index (κ3) is 3.06. The molecule has 0 amide bonds. The van der Waals surface area contributed by atoms with E-state index in [1.54, 1.807) is 11.3 Å². The number of thiazole rings is 1. The molecule has 0 aliphatic carbocycles. The van der Waals surface area contributed by atoms with Gasteiger partial charge in [-0.3, -0.25) is 0 Å². The minimum absolute atomic E-state index is 0.0587. The van der Waals surface area contributed by atoms with Crippen LogP contribution in [0.15, 0.2) is 18.2 Å². The minimum atomic E-state index is 0.0587. The molecule has 0 spiro atoms. The van der Waals surface area contributed by atoms with Gasteiger partial charge in [-0.15, -0.1) is 0 Å². The predicted molar refractivity (Wildman–Crippen MR) is 90.3 cm³/mol. The first kappa shape index (κ1) is 14.8. The summed E-state index contributed by atoms with van der Waals surface area (Å²) in [5.74, 6) is 0. The number of aromatic nitrogens is 1. The van der Waals surface area contributed by atoms with Crippen molar-refractivity contribution in [2.75, 3.05) is 11.9 Å². The topological polar surface area (TPSA) is 34.2 Å². The standard InChI is InChI=1S/C17H24N2OS/c1-4-17(5-2)11-13(8-9-20-17)18-16-19-14-7-6-12(3)10-15(14)21-16/h6-7,10,13H,4-5,8-9,11H2,1-3H3,(H,18,19). The second kappa shape index (κ2) is 5.93. The molecule has 1 fully saturated rings. The Morgan fingerprint density at radius 3 is 2.95 bits per heavy atom. The van der Waals surface area contributed by atoms with Crippen LogP contribution in [0, 0.1) is 6.92 Å². The lowest BCUT2D eigenvalue weighted by molar-refractivity contribution is -0.0864. The van der Waals surface area contributed by atoms with Crippen molar-refractivity contribution in [3.05, 3.63) is 23.8 Å². The maximum Gasteiger partial charge on any atom is 0.184 e. The molecule has 0 saturated carbocycles. The maximum absolute atomic E-state index is 6.05. The van der Waals surface area contributed by atoms with Gasteiger partial charge >= 0.3 is 0 Å². The fourth-order valence-electron chi connectivity index (χ4n) is 3.16. The number of aryl methyl sites for hydroxylation is 1. The van der Waals surface area contributed by atoms with Crippen molar-refractivity contribution < 1.29 is 4.74 Å². The summed E-state index contributed by atoms with van der Waals surface area (Å²) in [6.07, 6.45) is 4.31. The van der Waals surface area contributed by atoms with E-state index in [0.29, 0.717) is 6.04 Å². The van der Waals surface area contributed by atoms with E-state index < -0.39 is 0 Å². The van der Waals surface area contributed by atoms with Crippen molar-refractivity contribution in [1.82, 2.24) is 4.98 Å². The molecule has 114 valence electrons. The number of ether oxygens (including phenoxy) is 1. The Labute approximate surface area is 130 Å². The molecule has 2 aromatic rings. The molecule has 1 aliphatic heterocycles. The minimum Gasteiger partial charge on any atom is -0.375 e. The molecule has 0 bridgehead atoms. The van der Waals surface area contributed by atoms with Crippen LogP contribution in [0.5, 0.6) is 0 Å². The molecule has 1 N–H and O–H groups in total. The van der Waals surface area contributed by atoms with Gasteiger partial charge < -0.3 is 10.1 Å². The summed E-state index contributed by atoms with van der Waals surface area (Å²) >= 11 is 1.76. The molecule has 1 atom stereocenters. The molecule has 1 aromatic heterocycles. The molecule has 1 aromatic carbocycles. The van der Waals surface area contributed by atoms with Crippen LogP contribution in [0.25, 0.3) is 10.2 Å². The van der Waals surface area contributed by atoms with E-state index in [9.17, 15) is 0 Å². The lowest BCUT2D eigenvalue weighted by atomic mass is 9.86. The SMILES string of the molecule is CCC1(CC)CC(Nc2nc3ccc(C)cc3s2)CCO1. The van der Waals surface area contributed by atoms with Gasteiger partial charge in [0.2, 0.25) is 0 Å². The van der Waals surface area contributed by atoms with Gasteiger partial charge in [0.05, 0.1) is 15.8 Å². The van der Waals surface area contributed by atoms with Crippen LogP contribution in [0.1, 0.15) is 45.1 Å². The van der Waals surface area contributed by atoms with Gasteiger partial charge in [-0.1, -0.05) is 31.3 Å². The zero-order valence-electron chi connectivity index (χ0n) is 13.1. The first-order valence-corrected chi connectivity index (χ1v) is 8.73. The fourth-order valence-corrected chi connectivity index (χ4v) is 4.20. The van der Waals surface area contributed by atoms with Crippen molar-refractivity contribution in [2.24, 2.45) is 0 Å². The molecule has 1 aliphatic rings. The quantitative estimate of drug-likeness (QED) is 0.884. The second-order valence-corrected chi connectivity index (χ2v) is 7.09. The molecule has 3 rings (SSSR count). The third-order valence-corrected chi connectivity index (χ3v) is 5.60. The molecular weight excluding hydrogens is 280 g/mol. The van der Waals surface area contributed by atoms with Crippen molar-refractivity contribution >= 4 is 26.7 Å². The predicted octanol–water partition coefficient (Wildman–Crippen LogP) is 4.75. The van der Waals surface area contributed by atoms with Crippen LogP contribution in [0.2, 0.25) is 0 Å². The summed E-state index contributed by atoms with van der Waals surface area (Å²) in [7, 11) is 0. The van der Waals surface area contributed by atoms with Gasteiger partial charge in [0.15, 0.2) is 5.13 Å². The second-order valence-electron chi connectivity index (χ2n) is 6.06. The monoisotopic (exact) mass is 304 g/mol. The van der Waals surface area contributed by atoms with Crippen LogP contribution < -0.4 is 5.32 Å². The average Bonchev–Trinajstić information content (AvgIpc) is 2.88. The van der Waals surface area contributed by atoms with Gasteiger partial charge in [-0.05, 0) is 50.3 Å². The number of fused-ring (bicyclic) bond motifs is 1. The molecule has 2 heterocycles. The lowest BCUT2D eigenvalue weighted by Gasteiger charge is -2.40. The van der Waals surface area contributed by atoms with Gasteiger partial charge in [-0.2, -0.15) is 0 Å². The summed E-state index contributed by atoms with van der Waals surface area (Å²) in [6.45, 7) is 7.43. The Hall–Kier alpha value is -1.13. The highest BCUT2D eigenvalue weighted by atomic mass is 32.1. The Morgan fingerprint density at radius 2 is 2.19 bits per heavy atom. The summed E-state index contributed by atoms with van der Waals surface area (Å²) in [5, 5.41) is 4.69. The number of nitrogens with zero attached hydrogens (tertiary/aromatic N) is 1. The smallest absolute Gasteiger partial charge is 0.184 e. The first-order chi connectivity index (χ1) is 10.1. The number of benzene rings is 1. The molecule has 3 nitrogen and oxygen atoms in total. The largest absolute Gasteiger partial charge is 0.375 e. The van der Waals surface area contributed by atoms with Gasteiger partial charge in [0, 0.05) is 12.6 Å². The Balaban J connectivity index is 1.75. The Kier molecular flexibility index (Phi) is 4.18. The number of nitrogens with one attached hydrogen (secondary N) is 1. The van der Waals surface area contributed by atoms with E-state index in [1.807, 2.05) is 0 Å². The van der Waals surface area contributed by atoms with Crippen molar-refractivity contribution in [3.63, 3.8) is 0 Å². The zero-order valence-corrected chi connectivity index (χ0v) is 13.9. The molecule has 21 heavy (non-hydrogen) atoms. The maximum atomic E-state index is 6.05. The molecule has 1 unspecified atom stereocenters. The summed E-state index contributed by atoms with van der Waals surface area (Å²) in [4.78, 5) is 4.71. The van der Waals surface area contributed by atoms with Crippen LogP contribution in [-0.2, 0) is 4.74 Å². The van der Waals surface area contributed by atoms with E-state index >= 15 is 0 Å². The summed E-state index contributed by atoms with van der Waals surface area (Å²) in [6, 6.07) is 6.92. The molecule has 0 radical (unpaired) electrons. The number of rotatable bonds is 4. The van der Waals surface area contributed by atoms with Crippen molar-refractivity contribution in [1.29, 1.82) is 0 Å². The lowest BCUT2D eigenvalue weighted by Crippen LogP contribution is -2.43. The number of anilines is 1. The van der Waals surface area contributed by atoms with Crippen LogP contribution in [-0.4, -0.2) is 23.2 Å². The molecular formula is C17H24N2OS. The highest BCUT2D eigenvalue weighted by Gasteiger charge is 2.34. The van der Waals surface area contributed by atoms with E-state index in [-0.39, 0.29) is 5.60 Å². The third-order valence-electron chi connectivity index (χ3n) is 4.65. The molecule has 4 heteroatoms. The summed E-state index contributed by atoms with van der Waals surface area (Å²) < 4.78 is 7.32. The van der Waals surface area contributed by atoms with Crippen LogP contribution in [0.3, 0.4) is 0 Å². The van der Waals surface area contributed by atoms with E-state index in [1.165, 1.54) is 10.3 Å². The normalized spacial score (nSPS) is 21.6. The van der Waals surface area contributed by atoms with E-state index in [4.69, 9.17) is 9.72 Å². The first-order valence-electron chi connectivity index (χ1n) is 7.92. The van der Waals surface area contributed by atoms with Gasteiger partial charge in [0.1, 0.15) is 0 Å². The highest BCUT2D eigenvalue weighted by Crippen LogP contribution is 2.34. The van der Waals surface area contributed by atoms with Gasteiger partial charge in [-0.25, -0.2) is 4.98 Å².